The number of amides is 1. The lowest BCUT2D eigenvalue weighted by Gasteiger charge is -2.17. The number of fused-ring (bicyclic) bond motifs is 1. The molecule has 1 aromatic carbocycles. The fourth-order valence-corrected chi connectivity index (χ4v) is 2.56. The second-order valence-corrected chi connectivity index (χ2v) is 5.53. The first-order valence-corrected chi connectivity index (χ1v) is 7.71. The number of benzene rings is 1. The van der Waals surface area contributed by atoms with Gasteiger partial charge in [0.05, 0.1) is 13.0 Å². The van der Waals surface area contributed by atoms with Crippen molar-refractivity contribution in [2.75, 3.05) is 24.5 Å². The molecule has 0 bridgehead atoms. The van der Waals surface area contributed by atoms with Crippen LogP contribution in [0.3, 0.4) is 0 Å². The molecule has 1 aliphatic heterocycles. The molecule has 5 nitrogen and oxygen atoms in total. The third-order valence-corrected chi connectivity index (χ3v) is 3.78. The number of carbonyl (C=O) groups excluding carboxylic acids is 1. The zero-order chi connectivity index (χ0) is 14.7. The number of hydrogen-bond acceptors (Lipinski definition) is 2. The van der Waals surface area contributed by atoms with Crippen LogP contribution in [0.5, 0.6) is 0 Å². The van der Waals surface area contributed by atoms with E-state index in [9.17, 15) is 4.79 Å². The number of para-hydroxylation sites is 1. The molecule has 1 fully saturated rings. The maximum atomic E-state index is 12.1. The van der Waals surface area contributed by atoms with E-state index >= 15 is 0 Å². The topological polar surface area (TPSA) is 56.7 Å². The van der Waals surface area contributed by atoms with Crippen LogP contribution >= 0.6 is 0 Å². The van der Waals surface area contributed by atoms with E-state index in [2.05, 4.69) is 22.5 Å². The molecule has 0 aromatic heterocycles. The zero-order valence-corrected chi connectivity index (χ0v) is 12.4. The lowest BCUT2D eigenvalue weighted by Crippen LogP contribution is -2.39. The molecule has 0 atom stereocenters. The Hall–Kier alpha value is -2.04. The van der Waals surface area contributed by atoms with Gasteiger partial charge in [-0.25, -0.2) is 0 Å². The summed E-state index contributed by atoms with van der Waals surface area (Å²) in [6, 6.07) is 8.58. The Morgan fingerprint density at radius 3 is 2.95 bits per heavy atom. The Bertz CT molecular complexity index is 551. The van der Waals surface area contributed by atoms with E-state index in [0.29, 0.717) is 25.6 Å². The number of hydrogen-bond donors (Lipinski definition) is 2. The van der Waals surface area contributed by atoms with E-state index in [1.165, 1.54) is 12.8 Å². The van der Waals surface area contributed by atoms with Crippen LogP contribution in [0.2, 0.25) is 0 Å². The molecule has 112 valence electrons. The second-order valence-electron chi connectivity index (χ2n) is 5.53. The van der Waals surface area contributed by atoms with Gasteiger partial charge in [-0.05, 0) is 31.4 Å². The highest BCUT2D eigenvalue weighted by Crippen LogP contribution is 2.27. The minimum Gasteiger partial charge on any atom is -0.357 e. The van der Waals surface area contributed by atoms with E-state index in [4.69, 9.17) is 0 Å². The summed E-state index contributed by atoms with van der Waals surface area (Å²) in [4.78, 5) is 18.5. The molecule has 21 heavy (non-hydrogen) atoms. The van der Waals surface area contributed by atoms with Crippen LogP contribution in [0.4, 0.5) is 5.69 Å². The van der Waals surface area contributed by atoms with Gasteiger partial charge < -0.3 is 15.5 Å². The van der Waals surface area contributed by atoms with Gasteiger partial charge in [0, 0.05) is 24.8 Å². The quantitative estimate of drug-likeness (QED) is 0.633. The SMILES string of the molecule is CCNC(=NCCN1C(=O)Cc2ccccc21)NC1CC1. The number of carbonyl (C=O) groups is 1. The minimum absolute atomic E-state index is 0.173. The molecule has 5 heteroatoms. The molecular weight excluding hydrogens is 264 g/mol. The molecule has 1 aliphatic carbocycles. The van der Waals surface area contributed by atoms with Gasteiger partial charge in [0.25, 0.3) is 0 Å². The average Bonchev–Trinajstić information content (AvgIpc) is 3.23. The molecule has 2 aliphatic rings. The molecule has 2 N–H and O–H groups in total. The molecule has 1 amide bonds. The monoisotopic (exact) mass is 286 g/mol. The van der Waals surface area contributed by atoms with Gasteiger partial charge in [0.1, 0.15) is 0 Å². The maximum absolute atomic E-state index is 12.1. The molecule has 1 aromatic rings. The first-order valence-electron chi connectivity index (χ1n) is 7.71. The first kappa shape index (κ1) is 13.9. The van der Waals surface area contributed by atoms with Gasteiger partial charge in [-0.2, -0.15) is 0 Å². The Morgan fingerprint density at radius 2 is 2.19 bits per heavy atom. The van der Waals surface area contributed by atoms with Crippen molar-refractivity contribution in [3.8, 4) is 0 Å². The number of nitrogens with zero attached hydrogens (tertiary/aromatic N) is 2. The van der Waals surface area contributed by atoms with E-state index in [1.807, 2.05) is 29.2 Å². The zero-order valence-electron chi connectivity index (χ0n) is 12.4. The molecule has 1 saturated carbocycles. The Balaban J connectivity index is 1.60. The predicted molar refractivity (Wildman–Crippen MR) is 84.6 cm³/mol. The van der Waals surface area contributed by atoms with Gasteiger partial charge in [-0.1, -0.05) is 18.2 Å². The number of rotatable bonds is 5. The fraction of sp³-hybridized carbons (Fsp3) is 0.500. The van der Waals surface area contributed by atoms with Crippen molar-refractivity contribution in [3.05, 3.63) is 29.8 Å². The summed E-state index contributed by atoms with van der Waals surface area (Å²) < 4.78 is 0. The van der Waals surface area contributed by atoms with Crippen LogP contribution < -0.4 is 15.5 Å². The Labute approximate surface area is 125 Å². The summed E-state index contributed by atoms with van der Waals surface area (Å²) in [6.07, 6.45) is 2.96. The van der Waals surface area contributed by atoms with Crippen molar-refractivity contribution < 1.29 is 4.79 Å². The van der Waals surface area contributed by atoms with E-state index in [0.717, 1.165) is 23.8 Å². The maximum Gasteiger partial charge on any atom is 0.231 e. The summed E-state index contributed by atoms with van der Waals surface area (Å²) >= 11 is 0. The van der Waals surface area contributed by atoms with E-state index in [-0.39, 0.29) is 5.91 Å². The van der Waals surface area contributed by atoms with Gasteiger partial charge in [-0.3, -0.25) is 9.79 Å². The van der Waals surface area contributed by atoms with E-state index < -0.39 is 0 Å². The molecule has 3 rings (SSSR count). The smallest absolute Gasteiger partial charge is 0.231 e. The van der Waals surface area contributed by atoms with E-state index in [1.54, 1.807) is 0 Å². The Morgan fingerprint density at radius 1 is 1.38 bits per heavy atom. The lowest BCUT2D eigenvalue weighted by atomic mass is 10.2. The van der Waals surface area contributed by atoms with Crippen molar-refractivity contribution in [1.29, 1.82) is 0 Å². The number of anilines is 1. The van der Waals surface area contributed by atoms with Gasteiger partial charge in [0.2, 0.25) is 5.91 Å². The minimum atomic E-state index is 0.173. The van der Waals surface area contributed by atoms with Crippen molar-refractivity contribution >= 4 is 17.6 Å². The van der Waals surface area contributed by atoms with Crippen LogP contribution in [-0.4, -0.2) is 37.5 Å². The normalized spacial score (nSPS) is 17.9. The summed E-state index contributed by atoms with van der Waals surface area (Å²) in [6.45, 7) is 4.16. The van der Waals surface area contributed by atoms with Crippen LogP contribution in [0.15, 0.2) is 29.3 Å². The molecule has 0 radical (unpaired) electrons. The molecule has 0 unspecified atom stereocenters. The molecule has 0 saturated heterocycles. The predicted octanol–water partition coefficient (Wildman–Crippen LogP) is 1.29. The van der Waals surface area contributed by atoms with Crippen molar-refractivity contribution in [2.45, 2.75) is 32.2 Å². The number of guanidine groups is 1. The molecule has 1 heterocycles. The molecular formula is C16H22N4O. The highest BCUT2D eigenvalue weighted by atomic mass is 16.2. The van der Waals surface area contributed by atoms with Gasteiger partial charge in [0.15, 0.2) is 5.96 Å². The summed E-state index contributed by atoms with van der Waals surface area (Å²) in [5.41, 5.74) is 2.16. The highest BCUT2D eigenvalue weighted by Gasteiger charge is 2.26. The number of nitrogens with one attached hydrogen (secondary N) is 2. The van der Waals surface area contributed by atoms with Crippen LogP contribution in [-0.2, 0) is 11.2 Å². The van der Waals surface area contributed by atoms with Crippen molar-refractivity contribution in [2.24, 2.45) is 4.99 Å². The lowest BCUT2D eigenvalue weighted by molar-refractivity contribution is -0.117. The third-order valence-electron chi connectivity index (χ3n) is 3.78. The fourth-order valence-electron chi connectivity index (χ4n) is 2.56. The standard InChI is InChI=1S/C16H22N4O/c1-2-17-16(19-13-7-8-13)18-9-10-20-14-6-4-3-5-12(14)11-15(20)21/h3-6,13H,2,7-11H2,1H3,(H2,17,18,19). The average molecular weight is 286 g/mol. The van der Waals surface area contributed by atoms with Gasteiger partial charge >= 0.3 is 0 Å². The van der Waals surface area contributed by atoms with Crippen LogP contribution in [0.1, 0.15) is 25.3 Å². The summed E-state index contributed by atoms with van der Waals surface area (Å²) in [5, 5.41) is 6.63. The van der Waals surface area contributed by atoms with Crippen molar-refractivity contribution in [3.63, 3.8) is 0 Å². The van der Waals surface area contributed by atoms with Gasteiger partial charge in [-0.15, -0.1) is 0 Å². The van der Waals surface area contributed by atoms with Crippen molar-refractivity contribution in [1.82, 2.24) is 10.6 Å². The summed E-state index contributed by atoms with van der Waals surface area (Å²) in [7, 11) is 0. The van der Waals surface area contributed by atoms with Crippen LogP contribution in [0.25, 0.3) is 0 Å². The van der Waals surface area contributed by atoms with Crippen LogP contribution in [0, 0.1) is 0 Å². The number of aliphatic imine (C=N–C) groups is 1. The highest BCUT2D eigenvalue weighted by molar-refractivity contribution is 6.01. The Kier molecular flexibility index (Phi) is 4.08. The third kappa shape index (κ3) is 3.35. The summed E-state index contributed by atoms with van der Waals surface area (Å²) in [5.74, 6) is 1.03. The first-order chi connectivity index (χ1) is 10.3. The largest absolute Gasteiger partial charge is 0.357 e. The molecule has 0 spiro atoms. The second kappa shape index (κ2) is 6.16.